The van der Waals surface area contributed by atoms with Crippen LogP contribution in [0.1, 0.15) is 60.4 Å². The maximum Gasteiger partial charge on any atom is 0.307 e. The monoisotopic (exact) mass is 399 g/mol. The standard InChI is InChI=1S/C22H29N3O4/c1-6-7-17-8-10-18(11-9-17)19(26)12-13-20(27)29-16(4)22(28)23-21-14(2)24-25(5)15(21)3/h8-11,16H,6-7,12-13H2,1-5H3,(H,23,28)/t16-/m0/s1. The van der Waals surface area contributed by atoms with Crippen LogP contribution in [0.5, 0.6) is 0 Å². The van der Waals surface area contributed by atoms with Gasteiger partial charge >= 0.3 is 5.97 Å². The van der Waals surface area contributed by atoms with Gasteiger partial charge in [0.05, 0.1) is 23.5 Å². The van der Waals surface area contributed by atoms with E-state index in [0.29, 0.717) is 16.9 Å². The van der Waals surface area contributed by atoms with Gasteiger partial charge in [-0.1, -0.05) is 37.6 Å². The van der Waals surface area contributed by atoms with Crippen LogP contribution in [0.15, 0.2) is 24.3 Å². The van der Waals surface area contributed by atoms with E-state index < -0.39 is 18.0 Å². The van der Waals surface area contributed by atoms with Crippen molar-refractivity contribution < 1.29 is 19.1 Å². The Morgan fingerprint density at radius 3 is 2.34 bits per heavy atom. The number of aromatic nitrogens is 2. The van der Waals surface area contributed by atoms with Crippen molar-refractivity contribution in [3.05, 3.63) is 46.8 Å². The predicted octanol–water partition coefficient (Wildman–Crippen LogP) is 3.52. The number of anilines is 1. The molecular formula is C22H29N3O4. The molecule has 2 aromatic rings. The average Bonchev–Trinajstić information content (AvgIpc) is 2.92. The van der Waals surface area contributed by atoms with Crippen LogP contribution in [0.25, 0.3) is 0 Å². The third-order valence-electron chi connectivity index (χ3n) is 4.81. The van der Waals surface area contributed by atoms with E-state index >= 15 is 0 Å². The topological polar surface area (TPSA) is 90.3 Å². The lowest BCUT2D eigenvalue weighted by molar-refractivity contribution is -0.153. The quantitative estimate of drug-likeness (QED) is 0.515. The lowest BCUT2D eigenvalue weighted by Gasteiger charge is -2.13. The number of rotatable bonds is 9. The molecule has 0 unspecified atom stereocenters. The van der Waals surface area contributed by atoms with Crippen molar-refractivity contribution in [3.63, 3.8) is 0 Å². The molecule has 1 amide bonds. The Labute approximate surface area is 171 Å². The van der Waals surface area contributed by atoms with E-state index in [9.17, 15) is 14.4 Å². The van der Waals surface area contributed by atoms with Crippen LogP contribution >= 0.6 is 0 Å². The zero-order valence-electron chi connectivity index (χ0n) is 17.7. The fraction of sp³-hybridized carbons (Fsp3) is 0.455. The number of hydrogen-bond acceptors (Lipinski definition) is 5. The Hall–Kier alpha value is -2.96. The van der Waals surface area contributed by atoms with Crippen LogP contribution in [0.3, 0.4) is 0 Å². The SMILES string of the molecule is CCCc1ccc(C(=O)CCC(=O)O[C@@H](C)C(=O)Nc2c(C)nn(C)c2C)cc1. The van der Waals surface area contributed by atoms with Crippen molar-refractivity contribution >= 4 is 23.3 Å². The highest BCUT2D eigenvalue weighted by Gasteiger charge is 2.21. The summed E-state index contributed by atoms with van der Waals surface area (Å²) in [6.45, 7) is 7.24. The molecule has 7 nitrogen and oxygen atoms in total. The molecule has 0 spiro atoms. The average molecular weight is 399 g/mol. The smallest absolute Gasteiger partial charge is 0.307 e. The highest BCUT2D eigenvalue weighted by Crippen LogP contribution is 2.19. The second-order valence-corrected chi connectivity index (χ2v) is 7.16. The molecule has 7 heteroatoms. The Kier molecular flexibility index (Phi) is 7.70. The highest BCUT2D eigenvalue weighted by atomic mass is 16.5. The Balaban J connectivity index is 1.83. The molecule has 2 rings (SSSR count). The van der Waals surface area contributed by atoms with E-state index in [1.54, 1.807) is 30.8 Å². The van der Waals surface area contributed by atoms with Gasteiger partial charge in [0.2, 0.25) is 0 Å². The maximum atomic E-state index is 12.3. The largest absolute Gasteiger partial charge is 0.453 e. The van der Waals surface area contributed by atoms with Gasteiger partial charge in [0, 0.05) is 19.0 Å². The number of nitrogens with zero attached hydrogens (tertiary/aromatic N) is 2. The third kappa shape index (κ3) is 6.01. The number of nitrogens with one attached hydrogen (secondary N) is 1. The lowest BCUT2D eigenvalue weighted by Crippen LogP contribution is -2.30. The fourth-order valence-corrected chi connectivity index (χ4v) is 2.99. The van der Waals surface area contributed by atoms with Crippen LogP contribution in [0, 0.1) is 13.8 Å². The normalized spacial score (nSPS) is 11.8. The summed E-state index contributed by atoms with van der Waals surface area (Å²) in [7, 11) is 1.79. The molecule has 29 heavy (non-hydrogen) atoms. The summed E-state index contributed by atoms with van der Waals surface area (Å²) in [6.07, 6.45) is 1.02. The minimum atomic E-state index is -0.968. The Morgan fingerprint density at radius 1 is 1.14 bits per heavy atom. The highest BCUT2D eigenvalue weighted by molar-refractivity contribution is 5.98. The number of ketones is 1. The van der Waals surface area contributed by atoms with E-state index in [-0.39, 0.29) is 18.6 Å². The van der Waals surface area contributed by atoms with Crippen molar-refractivity contribution in [1.82, 2.24) is 9.78 Å². The minimum absolute atomic E-state index is 0.0428. The number of amides is 1. The van der Waals surface area contributed by atoms with Gasteiger partial charge < -0.3 is 10.1 Å². The number of carbonyl (C=O) groups excluding carboxylic acids is 3. The van der Waals surface area contributed by atoms with Crippen molar-refractivity contribution in [3.8, 4) is 0 Å². The summed E-state index contributed by atoms with van der Waals surface area (Å²) >= 11 is 0. The maximum absolute atomic E-state index is 12.3. The summed E-state index contributed by atoms with van der Waals surface area (Å²) in [4.78, 5) is 36.6. The van der Waals surface area contributed by atoms with Gasteiger partial charge in [-0.25, -0.2) is 0 Å². The number of esters is 1. The molecule has 0 aliphatic carbocycles. The molecule has 1 aromatic heterocycles. The molecule has 0 bridgehead atoms. The van der Waals surface area contributed by atoms with E-state index in [0.717, 1.165) is 18.5 Å². The van der Waals surface area contributed by atoms with E-state index in [1.165, 1.54) is 12.5 Å². The number of ether oxygens (including phenoxy) is 1. The van der Waals surface area contributed by atoms with Gasteiger partial charge in [0.15, 0.2) is 11.9 Å². The molecule has 0 saturated carbocycles. The zero-order valence-corrected chi connectivity index (χ0v) is 17.7. The van der Waals surface area contributed by atoms with Crippen LogP contribution in [0.2, 0.25) is 0 Å². The molecular weight excluding hydrogens is 370 g/mol. The fourth-order valence-electron chi connectivity index (χ4n) is 2.99. The van der Waals surface area contributed by atoms with Crippen LogP contribution in [0.4, 0.5) is 5.69 Å². The predicted molar refractivity (Wildman–Crippen MR) is 111 cm³/mol. The number of Topliss-reactive ketones (excluding diaryl/α,β-unsaturated/α-hetero) is 1. The number of benzene rings is 1. The number of aryl methyl sites for hydroxylation is 3. The van der Waals surface area contributed by atoms with Crippen molar-refractivity contribution in [2.75, 3.05) is 5.32 Å². The second kappa shape index (κ2) is 10.0. The first kappa shape index (κ1) is 22.3. The summed E-state index contributed by atoms with van der Waals surface area (Å²) in [5.74, 6) is -1.14. The van der Waals surface area contributed by atoms with Crippen molar-refractivity contribution in [1.29, 1.82) is 0 Å². The summed E-state index contributed by atoms with van der Waals surface area (Å²) in [5, 5.41) is 6.98. The molecule has 0 aliphatic rings. The van der Waals surface area contributed by atoms with E-state index in [4.69, 9.17) is 4.74 Å². The second-order valence-electron chi connectivity index (χ2n) is 7.16. The molecule has 0 radical (unpaired) electrons. The van der Waals surface area contributed by atoms with Crippen molar-refractivity contribution in [2.45, 2.75) is 59.5 Å². The molecule has 156 valence electrons. The summed E-state index contributed by atoms with van der Waals surface area (Å²) in [6, 6.07) is 7.44. The molecule has 0 aliphatic heterocycles. The van der Waals surface area contributed by atoms with Gasteiger partial charge in [0.25, 0.3) is 5.91 Å². The first-order chi connectivity index (χ1) is 13.7. The number of hydrogen-bond donors (Lipinski definition) is 1. The molecule has 0 fully saturated rings. The lowest BCUT2D eigenvalue weighted by atomic mass is 10.0. The minimum Gasteiger partial charge on any atom is -0.453 e. The van der Waals surface area contributed by atoms with Gasteiger partial charge in [0.1, 0.15) is 0 Å². The Bertz CT molecular complexity index is 884. The van der Waals surface area contributed by atoms with Gasteiger partial charge in [-0.2, -0.15) is 5.10 Å². The van der Waals surface area contributed by atoms with Gasteiger partial charge in [-0.05, 0) is 32.8 Å². The van der Waals surface area contributed by atoms with Crippen molar-refractivity contribution in [2.24, 2.45) is 7.05 Å². The van der Waals surface area contributed by atoms with E-state index in [2.05, 4.69) is 17.3 Å². The third-order valence-corrected chi connectivity index (χ3v) is 4.81. The summed E-state index contributed by atoms with van der Waals surface area (Å²) in [5.41, 5.74) is 3.87. The number of carbonyl (C=O) groups is 3. The van der Waals surface area contributed by atoms with Gasteiger partial charge in [-0.3, -0.25) is 19.1 Å². The molecule has 1 aromatic carbocycles. The van der Waals surface area contributed by atoms with Gasteiger partial charge in [-0.15, -0.1) is 0 Å². The molecule has 1 N–H and O–H groups in total. The van der Waals surface area contributed by atoms with Crippen LogP contribution in [-0.4, -0.2) is 33.5 Å². The first-order valence-corrected chi connectivity index (χ1v) is 9.85. The molecule has 1 atom stereocenters. The Morgan fingerprint density at radius 2 is 1.79 bits per heavy atom. The van der Waals surface area contributed by atoms with Crippen LogP contribution in [-0.2, 0) is 27.8 Å². The van der Waals surface area contributed by atoms with Crippen LogP contribution < -0.4 is 5.32 Å². The first-order valence-electron chi connectivity index (χ1n) is 9.85. The molecule has 1 heterocycles. The van der Waals surface area contributed by atoms with E-state index in [1.807, 2.05) is 19.1 Å². The molecule has 0 saturated heterocycles. The zero-order chi connectivity index (χ0) is 21.6. The summed E-state index contributed by atoms with van der Waals surface area (Å²) < 4.78 is 6.85.